The van der Waals surface area contributed by atoms with Crippen molar-refractivity contribution in [3.63, 3.8) is 0 Å². The first kappa shape index (κ1) is 32.6. The maximum absolute atomic E-state index is 14.1. The van der Waals surface area contributed by atoms with E-state index in [-0.39, 0.29) is 23.7 Å². The summed E-state index contributed by atoms with van der Waals surface area (Å²) in [6.45, 7) is 4.83. The number of anilines is 2. The average molecular weight is 626 g/mol. The average Bonchev–Trinajstić information content (AvgIpc) is 3.07. The highest BCUT2D eigenvalue weighted by molar-refractivity contribution is 5.96. The number of aliphatic hydroxyl groups excluding tert-OH is 1. The van der Waals surface area contributed by atoms with Crippen molar-refractivity contribution >= 4 is 23.3 Å². The van der Waals surface area contributed by atoms with Crippen molar-refractivity contribution < 1.29 is 13.9 Å². The van der Waals surface area contributed by atoms with Gasteiger partial charge in [0.25, 0.3) is 0 Å². The number of likely N-dealkylation sites (tertiary alicyclic amines) is 1. The normalized spacial score (nSPS) is 15.5. The van der Waals surface area contributed by atoms with Crippen LogP contribution in [0.3, 0.4) is 0 Å². The predicted octanol–water partition coefficient (Wildman–Crippen LogP) is 6.38. The van der Waals surface area contributed by atoms with Gasteiger partial charge in [-0.25, -0.2) is 8.78 Å². The number of halogens is 2. The molecule has 0 radical (unpaired) electrons. The van der Waals surface area contributed by atoms with Crippen molar-refractivity contribution in [1.82, 2.24) is 14.7 Å². The summed E-state index contributed by atoms with van der Waals surface area (Å²) in [7, 11) is 2.09. The number of para-hydroxylation sites is 2. The number of piperidine rings is 1. The van der Waals surface area contributed by atoms with Crippen molar-refractivity contribution in [2.75, 3.05) is 56.9 Å². The van der Waals surface area contributed by atoms with Crippen LogP contribution in [0.1, 0.15) is 12.8 Å². The van der Waals surface area contributed by atoms with Gasteiger partial charge in [-0.1, -0.05) is 72.8 Å². The number of rotatable bonds is 4. The summed E-state index contributed by atoms with van der Waals surface area (Å²) in [5, 5.41) is 32.3. The standard InChI is InChI=1S/C18H21FN4.C18H20FN3O/c1-22-10-12-23(13-11-22)18(20)21-17-9-5-3-7-15(17)14-6-2-4-8-16(14)19;19-16-7-3-1-5-14(16)15-6-2-4-8-17(15)21-18(20)22-11-9-13(23)10-12-22/h2-9H,10-13H2,1H3,(H2,20,21);1-8,13,23H,9-12H2,(H2,20,21). The van der Waals surface area contributed by atoms with E-state index in [4.69, 9.17) is 10.8 Å². The first-order valence-corrected chi connectivity index (χ1v) is 15.6. The van der Waals surface area contributed by atoms with Gasteiger partial charge < -0.3 is 30.4 Å². The molecule has 46 heavy (non-hydrogen) atoms. The zero-order valence-corrected chi connectivity index (χ0v) is 26.0. The van der Waals surface area contributed by atoms with Crippen LogP contribution < -0.4 is 10.6 Å². The molecule has 240 valence electrons. The summed E-state index contributed by atoms with van der Waals surface area (Å²) in [6, 6.07) is 28.3. The van der Waals surface area contributed by atoms with Crippen LogP contribution in [0.15, 0.2) is 97.1 Å². The number of guanidine groups is 2. The lowest BCUT2D eigenvalue weighted by atomic mass is 10.0. The van der Waals surface area contributed by atoms with Crippen LogP contribution in [0.5, 0.6) is 0 Å². The Labute approximate surface area is 269 Å². The molecule has 5 N–H and O–H groups in total. The lowest BCUT2D eigenvalue weighted by Crippen LogP contribution is -2.48. The molecule has 2 fully saturated rings. The van der Waals surface area contributed by atoms with Gasteiger partial charge in [0, 0.05) is 72.9 Å². The van der Waals surface area contributed by atoms with E-state index in [1.807, 2.05) is 64.4 Å². The van der Waals surface area contributed by atoms with Crippen molar-refractivity contribution in [3.05, 3.63) is 109 Å². The van der Waals surface area contributed by atoms with Gasteiger partial charge in [-0.05, 0) is 44.2 Å². The number of nitrogens with one attached hydrogen (secondary N) is 4. The summed E-state index contributed by atoms with van der Waals surface area (Å²) in [5.74, 6) is 0.102. The Hall–Kier alpha value is -4.80. The fraction of sp³-hybridized carbons (Fsp3) is 0.278. The Balaban J connectivity index is 0.000000181. The molecule has 2 heterocycles. The Morgan fingerprint density at radius 2 is 0.957 bits per heavy atom. The number of likely N-dealkylation sites (N-methyl/N-ethyl adjacent to an activating group) is 1. The van der Waals surface area contributed by atoms with E-state index in [1.54, 1.807) is 30.3 Å². The number of nitrogens with zero attached hydrogens (tertiary/aromatic N) is 3. The van der Waals surface area contributed by atoms with E-state index in [0.717, 1.165) is 43.0 Å². The third-order valence-corrected chi connectivity index (χ3v) is 8.29. The molecule has 4 aromatic rings. The molecule has 0 bridgehead atoms. The summed E-state index contributed by atoms with van der Waals surface area (Å²) in [6.07, 6.45) is 1.06. The van der Waals surface area contributed by atoms with Gasteiger partial charge in [-0.15, -0.1) is 0 Å². The lowest BCUT2D eigenvalue weighted by molar-refractivity contribution is 0.109. The summed E-state index contributed by atoms with van der Waals surface area (Å²) < 4.78 is 28.2. The second kappa shape index (κ2) is 15.5. The largest absolute Gasteiger partial charge is 0.393 e. The highest BCUT2D eigenvalue weighted by atomic mass is 19.1. The van der Waals surface area contributed by atoms with E-state index in [2.05, 4.69) is 22.6 Å². The molecule has 10 heteroatoms. The Morgan fingerprint density at radius 1 is 0.587 bits per heavy atom. The van der Waals surface area contributed by atoms with Crippen LogP contribution in [0, 0.1) is 22.5 Å². The maximum Gasteiger partial charge on any atom is 0.195 e. The van der Waals surface area contributed by atoms with Gasteiger partial charge in [0.2, 0.25) is 0 Å². The molecule has 4 aromatic carbocycles. The number of aliphatic hydroxyl groups is 1. The molecule has 0 aromatic heterocycles. The molecular weight excluding hydrogens is 584 g/mol. The van der Waals surface area contributed by atoms with E-state index in [0.29, 0.717) is 48.7 Å². The highest BCUT2D eigenvalue weighted by Gasteiger charge is 2.21. The number of piperazine rings is 1. The molecule has 0 spiro atoms. The smallest absolute Gasteiger partial charge is 0.195 e. The molecule has 0 unspecified atom stereocenters. The van der Waals surface area contributed by atoms with Gasteiger partial charge in [-0.3, -0.25) is 10.8 Å². The minimum atomic E-state index is -0.283. The van der Waals surface area contributed by atoms with E-state index < -0.39 is 0 Å². The topological polar surface area (TPSA) is 102 Å². The van der Waals surface area contributed by atoms with Crippen molar-refractivity contribution in [2.24, 2.45) is 0 Å². The second-order valence-electron chi connectivity index (χ2n) is 11.5. The maximum atomic E-state index is 14.1. The van der Waals surface area contributed by atoms with E-state index >= 15 is 0 Å². The van der Waals surface area contributed by atoms with E-state index in [1.165, 1.54) is 12.1 Å². The second-order valence-corrected chi connectivity index (χ2v) is 11.5. The van der Waals surface area contributed by atoms with Crippen LogP contribution in [-0.2, 0) is 0 Å². The molecule has 0 amide bonds. The summed E-state index contributed by atoms with van der Waals surface area (Å²) >= 11 is 0. The third-order valence-electron chi connectivity index (χ3n) is 8.29. The van der Waals surface area contributed by atoms with Crippen LogP contribution in [0.4, 0.5) is 20.2 Å². The minimum absolute atomic E-state index is 0.257. The van der Waals surface area contributed by atoms with Crippen molar-refractivity contribution in [2.45, 2.75) is 18.9 Å². The molecule has 2 aliphatic heterocycles. The van der Waals surface area contributed by atoms with Gasteiger partial charge >= 0.3 is 0 Å². The molecule has 2 saturated heterocycles. The fourth-order valence-electron chi connectivity index (χ4n) is 5.55. The SMILES string of the molecule is CN1CCN(C(=N)Nc2ccccc2-c2ccccc2F)CC1.N=C(Nc1ccccc1-c1ccccc1F)N1CCC(O)CC1. The molecule has 0 saturated carbocycles. The molecule has 2 aliphatic rings. The Morgan fingerprint density at radius 3 is 1.39 bits per heavy atom. The number of benzene rings is 4. The van der Waals surface area contributed by atoms with Crippen molar-refractivity contribution in [3.8, 4) is 22.3 Å². The van der Waals surface area contributed by atoms with Gasteiger partial charge in [-0.2, -0.15) is 0 Å². The molecule has 0 atom stereocenters. The summed E-state index contributed by atoms with van der Waals surface area (Å²) in [4.78, 5) is 6.15. The fourth-order valence-corrected chi connectivity index (χ4v) is 5.55. The van der Waals surface area contributed by atoms with Crippen LogP contribution in [0.2, 0.25) is 0 Å². The van der Waals surface area contributed by atoms with Crippen LogP contribution >= 0.6 is 0 Å². The van der Waals surface area contributed by atoms with Crippen molar-refractivity contribution in [1.29, 1.82) is 10.8 Å². The van der Waals surface area contributed by atoms with E-state index in [9.17, 15) is 13.9 Å². The molecular formula is C36H41F2N7O. The van der Waals surface area contributed by atoms with Crippen LogP contribution in [0.25, 0.3) is 22.3 Å². The molecule has 8 nitrogen and oxygen atoms in total. The van der Waals surface area contributed by atoms with Gasteiger partial charge in [0.15, 0.2) is 11.9 Å². The minimum Gasteiger partial charge on any atom is -0.393 e. The quantitative estimate of drug-likeness (QED) is 0.133. The Bertz CT molecular complexity index is 1510. The highest BCUT2D eigenvalue weighted by Crippen LogP contribution is 2.31. The van der Waals surface area contributed by atoms with Crippen LogP contribution in [-0.4, -0.2) is 84.1 Å². The number of hydrogen-bond acceptors (Lipinski definition) is 4. The van der Waals surface area contributed by atoms with Gasteiger partial charge in [0.1, 0.15) is 11.6 Å². The third kappa shape index (κ3) is 8.26. The predicted molar refractivity (Wildman–Crippen MR) is 182 cm³/mol. The number of hydrogen-bond donors (Lipinski definition) is 5. The zero-order valence-electron chi connectivity index (χ0n) is 26.0. The first-order chi connectivity index (χ1) is 22.3. The Kier molecular flexibility index (Phi) is 11.0. The summed E-state index contributed by atoms with van der Waals surface area (Å²) in [5.41, 5.74) is 4.01. The lowest BCUT2D eigenvalue weighted by Gasteiger charge is -2.34. The first-order valence-electron chi connectivity index (χ1n) is 15.6. The van der Waals surface area contributed by atoms with Gasteiger partial charge in [0.05, 0.1) is 6.10 Å². The monoisotopic (exact) mass is 625 g/mol. The zero-order chi connectivity index (χ0) is 32.5. The molecule has 6 rings (SSSR count). The molecule has 0 aliphatic carbocycles.